The van der Waals surface area contributed by atoms with Crippen LogP contribution in [0.25, 0.3) is 0 Å². The van der Waals surface area contributed by atoms with Crippen molar-refractivity contribution in [3.63, 3.8) is 0 Å². The van der Waals surface area contributed by atoms with Crippen LogP contribution in [0, 0.1) is 0 Å². The van der Waals surface area contributed by atoms with E-state index < -0.39 is 0 Å². The van der Waals surface area contributed by atoms with Gasteiger partial charge in [0, 0.05) is 0 Å². The molecule has 0 amide bonds. The SMILES string of the molecule is CCCC(C=NO)=NO. The smallest absolute Gasteiger partial charge is 0.101 e. The zero-order valence-corrected chi connectivity index (χ0v) is 5.28. The summed E-state index contributed by atoms with van der Waals surface area (Å²) in [6, 6.07) is 0. The largest absolute Gasteiger partial charge is 0.411 e. The Bertz CT molecular complexity index is 120. The van der Waals surface area contributed by atoms with Crippen molar-refractivity contribution in [2.75, 3.05) is 0 Å². The number of rotatable bonds is 3. The molecule has 0 aromatic rings. The average Bonchev–Trinajstić information content (AvgIpc) is 1.88. The van der Waals surface area contributed by atoms with E-state index in [9.17, 15) is 0 Å². The highest BCUT2D eigenvalue weighted by Crippen LogP contribution is 1.88. The van der Waals surface area contributed by atoms with Crippen LogP contribution in [0.1, 0.15) is 19.8 Å². The van der Waals surface area contributed by atoms with Crippen molar-refractivity contribution in [3.8, 4) is 0 Å². The summed E-state index contributed by atoms with van der Waals surface area (Å²) < 4.78 is 0. The zero-order valence-electron chi connectivity index (χ0n) is 5.28. The van der Waals surface area contributed by atoms with Crippen molar-refractivity contribution in [1.82, 2.24) is 0 Å². The van der Waals surface area contributed by atoms with Crippen molar-refractivity contribution in [3.05, 3.63) is 0 Å². The number of hydrogen-bond acceptors (Lipinski definition) is 4. The summed E-state index contributed by atoms with van der Waals surface area (Å²) in [5.74, 6) is 0. The van der Waals surface area contributed by atoms with Gasteiger partial charge in [-0.2, -0.15) is 0 Å². The lowest BCUT2D eigenvalue weighted by atomic mass is 10.2. The summed E-state index contributed by atoms with van der Waals surface area (Å²) in [5, 5.41) is 21.7. The molecule has 0 aliphatic heterocycles. The Morgan fingerprint density at radius 3 is 2.56 bits per heavy atom. The molecule has 0 aromatic heterocycles. The maximum Gasteiger partial charge on any atom is 0.101 e. The molecule has 0 aliphatic carbocycles. The van der Waals surface area contributed by atoms with Crippen LogP contribution in [0.5, 0.6) is 0 Å². The van der Waals surface area contributed by atoms with E-state index in [4.69, 9.17) is 10.4 Å². The summed E-state index contributed by atoms with van der Waals surface area (Å²) in [4.78, 5) is 0. The Labute approximate surface area is 53.5 Å². The third-order valence-electron chi connectivity index (χ3n) is 0.841. The third kappa shape index (κ3) is 3.52. The van der Waals surface area contributed by atoms with Crippen LogP contribution in [-0.4, -0.2) is 22.3 Å². The fourth-order valence-corrected chi connectivity index (χ4v) is 0.463. The Balaban J connectivity index is 3.70. The van der Waals surface area contributed by atoms with Gasteiger partial charge >= 0.3 is 0 Å². The molecule has 4 heteroatoms. The van der Waals surface area contributed by atoms with Crippen molar-refractivity contribution >= 4 is 11.9 Å². The summed E-state index contributed by atoms with van der Waals surface area (Å²) >= 11 is 0. The second kappa shape index (κ2) is 5.08. The van der Waals surface area contributed by atoms with Gasteiger partial charge in [0.05, 0.1) is 6.21 Å². The molecule has 0 bridgehead atoms. The molecule has 0 fully saturated rings. The Morgan fingerprint density at radius 2 is 2.22 bits per heavy atom. The molecule has 0 atom stereocenters. The molecule has 4 nitrogen and oxygen atoms in total. The normalized spacial score (nSPS) is 12.8. The molecular weight excluding hydrogens is 120 g/mol. The van der Waals surface area contributed by atoms with Gasteiger partial charge in [-0.1, -0.05) is 23.7 Å². The van der Waals surface area contributed by atoms with E-state index >= 15 is 0 Å². The van der Waals surface area contributed by atoms with E-state index in [0.717, 1.165) is 12.6 Å². The fourth-order valence-electron chi connectivity index (χ4n) is 0.463. The first-order valence-corrected chi connectivity index (χ1v) is 2.73. The van der Waals surface area contributed by atoms with Gasteiger partial charge in [0.1, 0.15) is 5.71 Å². The topological polar surface area (TPSA) is 65.2 Å². The van der Waals surface area contributed by atoms with Gasteiger partial charge in [0.15, 0.2) is 0 Å². The van der Waals surface area contributed by atoms with E-state index in [0.29, 0.717) is 12.1 Å². The van der Waals surface area contributed by atoms with Crippen molar-refractivity contribution < 1.29 is 10.4 Å². The molecule has 0 saturated carbocycles. The predicted octanol–water partition coefficient (Wildman–Crippen LogP) is 1.08. The van der Waals surface area contributed by atoms with Crippen LogP contribution in [0.2, 0.25) is 0 Å². The van der Waals surface area contributed by atoms with Gasteiger partial charge in [0.25, 0.3) is 0 Å². The molecule has 0 radical (unpaired) electrons. The Hall–Kier alpha value is -1.06. The summed E-state index contributed by atoms with van der Waals surface area (Å²) in [6.07, 6.45) is 2.61. The van der Waals surface area contributed by atoms with Gasteiger partial charge in [-0.15, -0.1) is 0 Å². The van der Waals surface area contributed by atoms with Gasteiger partial charge < -0.3 is 10.4 Å². The van der Waals surface area contributed by atoms with Crippen molar-refractivity contribution in [2.45, 2.75) is 19.8 Å². The summed E-state index contributed by atoms with van der Waals surface area (Å²) in [7, 11) is 0. The molecule has 52 valence electrons. The Morgan fingerprint density at radius 1 is 1.56 bits per heavy atom. The molecule has 0 unspecified atom stereocenters. The fraction of sp³-hybridized carbons (Fsp3) is 0.600. The minimum Gasteiger partial charge on any atom is -0.411 e. The van der Waals surface area contributed by atoms with Crippen LogP contribution in [0.4, 0.5) is 0 Å². The van der Waals surface area contributed by atoms with Gasteiger partial charge in [-0.25, -0.2) is 0 Å². The molecule has 0 saturated heterocycles. The molecule has 0 aromatic carbocycles. The molecule has 2 N–H and O–H groups in total. The highest BCUT2D eigenvalue weighted by Gasteiger charge is 1.91. The van der Waals surface area contributed by atoms with Gasteiger partial charge in [-0.3, -0.25) is 0 Å². The lowest BCUT2D eigenvalue weighted by Crippen LogP contribution is -1.98. The maximum atomic E-state index is 8.17. The van der Waals surface area contributed by atoms with Gasteiger partial charge in [-0.05, 0) is 6.42 Å². The lowest BCUT2D eigenvalue weighted by Gasteiger charge is -1.89. The monoisotopic (exact) mass is 130 g/mol. The second-order valence-corrected chi connectivity index (χ2v) is 1.59. The van der Waals surface area contributed by atoms with E-state index in [1.54, 1.807) is 0 Å². The van der Waals surface area contributed by atoms with E-state index in [-0.39, 0.29) is 0 Å². The highest BCUT2D eigenvalue weighted by atomic mass is 16.4. The van der Waals surface area contributed by atoms with Gasteiger partial charge in [0.2, 0.25) is 0 Å². The third-order valence-corrected chi connectivity index (χ3v) is 0.841. The molecule has 0 spiro atoms. The number of hydrogen-bond donors (Lipinski definition) is 2. The standard InChI is InChI=1S/C5H10N2O2/c1-2-3-5(7-9)4-6-8/h4,8-9H,2-3H2,1H3. The molecule has 9 heavy (non-hydrogen) atoms. The lowest BCUT2D eigenvalue weighted by molar-refractivity contribution is 0.314. The highest BCUT2D eigenvalue weighted by molar-refractivity contribution is 6.30. The number of oxime groups is 2. The minimum atomic E-state index is 0.389. The van der Waals surface area contributed by atoms with Crippen LogP contribution in [0.3, 0.4) is 0 Å². The Kier molecular flexibility index (Phi) is 4.49. The van der Waals surface area contributed by atoms with E-state index in [1.165, 1.54) is 0 Å². The summed E-state index contributed by atoms with van der Waals surface area (Å²) in [5.41, 5.74) is 0.389. The molecule has 0 heterocycles. The molecule has 0 aliphatic rings. The first-order chi connectivity index (χ1) is 4.35. The molecule has 0 rings (SSSR count). The number of nitrogens with zero attached hydrogens (tertiary/aromatic N) is 2. The zero-order chi connectivity index (χ0) is 7.11. The second-order valence-electron chi connectivity index (χ2n) is 1.59. The first-order valence-electron chi connectivity index (χ1n) is 2.73. The average molecular weight is 130 g/mol. The van der Waals surface area contributed by atoms with Crippen molar-refractivity contribution in [1.29, 1.82) is 0 Å². The quantitative estimate of drug-likeness (QED) is 0.341. The first kappa shape index (κ1) is 7.94. The summed E-state index contributed by atoms with van der Waals surface area (Å²) in [6.45, 7) is 1.94. The predicted molar refractivity (Wildman–Crippen MR) is 34.4 cm³/mol. The van der Waals surface area contributed by atoms with Crippen LogP contribution in [0.15, 0.2) is 10.3 Å². The van der Waals surface area contributed by atoms with E-state index in [2.05, 4.69) is 10.3 Å². The minimum absolute atomic E-state index is 0.389. The van der Waals surface area contributed by atoms with Crippen molar-refractivity contribution in [2.24, 2.45) is 10.3 Å². The van der Waals surface area contributed by atoms with E-state index in [1.807, 2.05) is 6.92 Å². The van der Waals surface area contributed by atoms with Crippen LogP contribution < -0.4 is 0 Å². The maximum absolute atomic E-state index is 8.17. The molecular formula is C5H10N2O2. The van der Waals surface area contributed by atoms with Crippen LogP contribution in [-0.2, 0) is 0 Å². The van der Waals surface area contributed by atoms with Crippen LogP contribution >= 0.6 is 0 Å².